The highest BCUT2D eigenvalue weighted by atomic mass is 32.1. The summed E-state index contributed by atoms with van der Waals surface area (Å²) in [6.07, 6.45) is 1.64. The summed E-state index contributed by atoms with van der Waals surface area (Å²) >= 11 is 12.3. The van der Waals surface area contributed by atoms with Gasteiger partial charge < -0.3 is 76.3 Å². The molecule has 0 saturated heterocycles. The van der Waals surface area contributed by atoms with E-state index in [1.54, 1.807) is 27.7 Å². The lowest BCUT2D eigenvalue weighted by Crippen LogP contribution is -2.60. The van der Waals surface area contributed by atoms with E-state index in [0.29, 0.717) is 19.3 Å². The van der Waals surface area contributed by atoms with Gasteiger partial charge in [0.2, 0.25) is 47.3 Å². The zero-order valence-electron chi connectivity index (χ0n) is 37.1. The molecule has 9 atom stereocenters. The number of carbonyl (C=O) groups is 9. The van der Waals surface area contributed by atoms with Crippen molar-refractivity contribution >= 4 is 103 Å². The molecule has 0 aromatic carbocycles. The maximum atomic E-state index is 13.5. The third-order valence-corrected chi connectivity index (χ3v) is 10.9. The van der Waals surface area contributed by atoms with E-state index in [9.17, 15) is 48.3 Å². The fraction of sp³-hybridized carbons (Fsp3) is 0.703. The lowest BCUT2D eigenvalue weighted by molar-refractivity contribution is -0.141. The van der Waals surface area contributed by atoms with E-state index in [0.717, 1.165) is 0 Å². The first kappa shape index (κ1) is 59.8. The molecule has 0 aromatic heterocycles. The van der Waals surface area contributed by atoms with Crippen LogP contribution < -0.4 is 71.2 Å². The van der Waals surface area contributed by atoms with Crippen LogP contribution in [0.15, 0.2) is 9.98 Å². The first-order valence-corrected chi connectivity index (χ1v) is 22.7. The fourth-order valence-corrected chi connectivity index (χ4v) is 6.27. The van der Waals surface area contributed by atoms with Gasteiger partial charge in [0.1, 0.15) is 36.3 Å². The normalized spacial score (nSPS) is 15.0. The summed E-state index contributed by atoms with van der Waals surface area (Å²) in [5, 5.41) is 29.0. The van der Waals surface area contributed by atoms with Crippen molar-refractivity contribution in [1.29, 1.82) is 0 Å². The predicted molar refractivity (Wildman–Crippen MR) is 254 cm³/mol. The zero-order valence-corrected chi connectivity index (χ0v) is 39.8. The van der Waals surface area contributed by atoms with Crippen LogP contribution in [0.3, 0.4) is 0 Å². The maximum Gasteiger partial charge on any atom is 0.327 e. The van der Waals surface area contributed by atoms with Gasteiger partial charge in [0.15, 0.2) is 11.9 Å². The summed E-state index contributed by atoms with van der Waals surface area (Å²) in [4.78, 5) is 124. The van der Waals surface area contributed by atoms with Crippen LogP contribution in [0.4, 0.5) is 0 Å². The van der Waals surface area contributed by atoms with Crippen molar-refractivity contribution < 1.29 is 48.3 Å². The van der Waals surface area contributed by atoms with E-state index in [2.05, 4.69) is 90.4 Å². The number of carboxylic acids is 1. The molecular formula is C37H69N15O10S3. The molecule has 0 rings (SSSR count). The largest absolute Gasteiger partial charge is 0.480 e. The van der Waals surface area contributed by atoms with Crippen molar-refractivity contribution in [2.24, 2.45) is 50.5 Å². The van der Waals surface area contributed by atoms with E-state index >= 15 is 0 Å². The monoisotopic (exact) mass is 979 g/mol. The van der Waals surface area contributed by atoms with Crippen LogP contribution in [0.25, 0.3) is 0 Å². The number of amides is 8. The molecule has 0 heterocycles. The Morgan fingerprint density at radius 3 is 1.37 bits per heavy atom. The molecule has 28 heteroatoms. The van der Waals surface area contributed by atoms with Crippen molar-refractivity contribution in [3.8, 4) is 0 Å². The number of aliphatic carboxylic acids is 1. The Bertz CT molecular complexity index is 1670. The smallest absolute Gasteiger partial charge is 0.327 e. The zero-order chi connectivity index (χ0) is 49.8. The number of thiol groups is 3. The van der Waals surface area contributed by atoms with Crippen LogP contribution in [0.5, 0.6) is 0 Å². The quantitative estimate of drug-likeness (QED) is 0.0129. The van der Waals surface area contributed by atoms with E-state index in [4.69, 9.17) is 28.7 Å². The van der Waals surface area contributed by atoms with Gasteiger partial charge in [-0.2, -0.15) is 37.9 Å². The minimum atomic E-state index is -1.32. The van der Waals surface area contributed by atoms with Gasteiger partial charge in [-0.1, -0.05) is 40.5 Å². The molecule has 25 nitrogen and oxygen atoms in total. The summed E-state index contributed by atoms with van der Waals surface area (Å²) in [5.41, 5.74) is 27.3. The molecule has 370 valence electrons. The Morgan fingerprint density at radius 1 is 0.523 bits per heavy atom. The Hall–Kier alpha value is -5.22. The van der Waals surface area contributed by atoms with Gasteiger partial charge >= 0.3 is 5.97 Å². The third kappa shape index (κ3) is 24.0. The van der Waals surface area contributed by atoms with Crippen LogP contribution in [0, 0.1) is 11.8 Å². The second kappa shape index (κ2) is 32.4. The number of carboxylic acid groups (broad SMARTS) is 1. The van der Waals surface area contributed by atoms with Gasteiger partial charge in [-0.25, -0.2) is 4.79 Å². The number of aliphatic imine (C=N–C) groups is 2. The van der Waals surface area contributed by atoms with Gasteiger partial charge in [0.25, 0.3) is 0 Å². The van der Waals surface area contributed by atoms with E-state index in [-0.39, 0.29) is 61.5 Å². The lowest BCUT2D eigenvalue weighted by Gasteiger charge is -2.28. The summed E-state index contributed by atoms with van der Waals surface area (Å²) in [6, 6.07) is -8.36. The number of rotatable bonds is 32. The van der Waals surface area contributed by atoms with Crippen molar-refractivity contribution in [1.82, 2.24) is 42.5 Å². The average molecular weight is 980 g/mol. The Morgan fingerprint density at radius 2 is 0.923 bits per heavy atom. The maximum absolute atomic E-state index is 13.5. The van der Waals surface area contributed by atoms with Gasteiger partial charge in [0.05, 0.1) is 19.1 Å². The van der Waals surface area contributed by atoms with E-state index in [1.807, 2.05) is 0 Å². The van der Waals surface area contributed by atoms with Crippen LogP contribution in [0.1, 0.15) is 66.2 Å². The molecular weight excluding hydrogens is 911 g/mol. The molecule has 0 spiro atoms. The number of nitrogens with zero attached hydrogens (tertiary/aromatic N) is 2. The summed E-state index contributed by atoms with van der Waals surface area (Å²) < 4.78 is 0. The Kier molecular flexibility index (Phi) is 29.8. The van der Waals surface area contributed by atoms with Crippen LogP contribution in [-0.2, 0) is 43.2 Å². The number of carbonyl (C=O) groups excluding carboxylic acids is 8. The third-order valence-electron chi connectivity index (χ3n) is 9.78. The van der Waals surface area contributed by atoms with Gasteiger partial charge in [-0.3, -0.25) is 48.3 Å². The van der Waals surface area contributed by atoms with Crippen molar-refractivity contribution in [2.75, 3.05) is 43.4 Å². The number of nitrogens with two attached hydrogens (primary N) is 5. The topological polar surface area (TPSA) is 425 Å². The van der Waals surface area contributed by atoms with Gasteiger partial charge in [-0.05, 0) is 37.5 Å². The minimum Gasteiger partial charge on any atom is -0.480 e. The molecule has 0 fully saturated rings. The highest BCUT2D eigenvalue weighted by molar-refractivity contribution is 7.80. The highest BCUT2D eigenvalue weighted by Gasteiger charge is 2.33. The molecule has 0 aliphatic heterocycles. The van der Waals surface area contributed by atoms with E-state index in [1.165, 1.54) is 0 Å². The summed E-state index contributed by atoms with van der Waals surface area (Å²) in [5.74, 6) is -9.24. The molecule has 0 aliphatic rings. The number of guanidine groups is 2. The molecule has 0 aliphatic carbocycles. The molecule has 0 radical (unpaired) electrons. The minimum absolute atomic E-state index is 0.0224. The molecule has 65 heavy (non-hydrogen) atoms. The van der Waals surface area contributed by atoms with Crippen molar-refractivity contribution in [3.05, 3.63) is 0 Å². The van der Waals surface area contributed by atoms with Crippen LogP contribution in [0.2, 0.25) is 0 Å². The average Bonchev–Trinajstić information content (AvgIpc) is 3.26. The standard InChI is InChI=1S/C37H69N15O10S3/c1-5-18(3)27(33(59)50-24(17-65)35(61)62)51-26(54)14-45-30(56)21(10-8-12-44-37(41)42)47-25(53)13-46-31(57)22(15-63)49-34(60)28(19(4)6-2)52-32(58)23(16-64)48-29(55)20(38)9-7-11-43-36(39)40/h18-24,27-28,63-65H,5-17,38H2,1-4H3,(H,45,56)(H,46,57)(H,47,53)(H,48,55)(H,49,60)(H,50,59)(H,51,54)(H,52,58)(H,61,62)(H4,39,40,43)(H4,41,42,44)/t18-,19-,20-,21-,22-,23-,24-,27-,28-/m0/s1. The summed E-state index contributed by atoms with van der Waals surface area (Å²) in [6.45, 7) is 5.92. The molecule has 8 amide bonds. The number of hydrogen-bond acceptors (Lipinski definition) is 15. The highest BCUT2D eigenvalue weighted by Crippen LogP contribution is 2.11. The summed E-state index contributed by atoms with van der Waals surface area (Å²) in [7, 11) is 0. The molecule has 0 unspecified atom stereocenters. The SMILES string of the molecule is CC[C@H](C)[C@H](NC(=O)CNC(=O)[C@H](CCCN=C(N)N)NC(=O)CNC(=O)[C@H](CS)NC(=O)[C@@H](NC(=O)[C@H](CS)NC(=O)[C@@H](N)CCCN=C(N)N)[C@@H](C)CC)C(=O)N[C@@H](CS)C(=O)O. The Labute approximate surface area is 394 Å². The number of hydrogen-bond donors (Lipinski definition) is 17. The van der Waals surface area contributed by atoms with Crippen LogP contribution >= 0.6 is 37.9 Å². The predicted octanol–water partition coefficient (Wildman–Crippen LogP) is -5.47. The second-order valence-corrected chi connectivity index (χ2v) is 16.0. The van der Waals surface area contributed by atoms with Crippen molar-refractivity contribution in [3.63, 3.8) is 0 Å². The van der Waals surface area contributed by atoms with E-state index < -0.39 is 120 Å². The Balaban J connectivity index is 5.71. The first-order chi connectivity index (χ1) is 30.6. The number of nitrogens with one attached hydrogen (secondary N) is 8. The van der Waals surface area contributed by atoms with Gasteiger partial charge in [0, 0.05) is 30.3 Å². The molecule has 0 bridgehead atoms. The fourth-order valence-electron chi connectivity index (χ4n) is 5.51. The second-order valence-electron chi connectivity index (χ2n) is 14.9. The first-order valence-electron chi connectivity index (χ1n) is 20.8. The molecule has 0 aromatic rings. The van der Waals surface area contributed by atoms with Crippen LogP contribution in [-0.4, -0.2) is 156 Å². The molecule has 19 N–H and O–H groups in total. The van der Waals surface area contributed by atoms with Crippen molar-refractivity contribution in [2.45, 2.75) is 109 Å². The lowest BCUT2D eigenvalue weighted by atomic mass is 9.97. The molecule has 0 saturated carbocycles. The van der Waals surface area contributed by atoms with Gasteiger partial charge in [-0.15, -0.1) is 0 Å².